The van der Waals surface area contributed by atoms with E-state index in [0.717, 1.165) is 56.5 Å². The van der Waals surface area contributed by atoms with Crippen LogP contribution >= 0.6 is 0 Å². The number of methoxy groups -OCH3 is 1. The van der Waals surface area contributed by atoms with Gasteiger partial charge in [-0.2, -0.15) is 0 Å². The highest BCUT2D eigenvalue weighted by atomic mass is 19.1. The van der Waals surface area contributed by atoms with Crippen molar-refractivity contribution < 1.29 is 18.7 Å². The zero-order chi connectivity index (χ0) is 24.4. The molecule has 35 heavy (non-hydrogen) atoms. The molecule has 1 aliphatic heterocycles. The van der Waals surface area contributed by atoms with Crippen molar-refractivity contribution in [3.05, 3.63) is 65.0 Å². The van der Waals surface area contributed by atoms with E-state index in [4.69, 9.17) is 9.73 Å². The molecule has 2 amide bonds. The predicted molar refractivity (Wildman–Crippen MR) is 132 cm³/mol. The van der Waals surface area contributed by atoms with Crippen LogP contribution in [-0.4, -0.2) is 37.3 Å². The highest BCUT2D eigenvalue weighted by Crippen LogP contribution is 2.41. The molecule has 0 radical (unpaired) electrons. The largest absolute Gasteiger partial charge is 0.497 e. The van der Waals surface area contributed by atoms with Gasteiger partial charge in [-0.3, -0.25) is 14.6 Å². The number of aryl methyl sites for hydroxylation is 1. The number of nitrogens with one attached hydrogen (secondary N) is 2. The van der Waals surface area contributed by atoms with Crippen LogP contribution in [0.15, 0.2) is 47.5 Å². The third-order valence-corrected chi connectivity index (χ3v) is 7.81. The Morgan fingerprint density at radius 3 is 2.66 bits per heavy atom. The minimum absolute atomic E-state index is 0.0320. The number of carbonyl (C=O) groups excluding carboxylic acids is 2. The van der Waals surface area contributed by atoms with Gasteiger partial charge < -0.3 is 15.4 Å². The Morgan fingerprint density at radius 1 is 1.09 bits per heavy atom. The number of ether oxygens (including phenoxy) is 1. The minimum atomic E-state index is -0.511. The van der Waals surface area contributed by atoms with Gasteiger partial charge in [0.1, 0.15) is 17.4 Å². The molecule has 0 saturated heterocycles. The summed E-state index contributed by atoms with van der Waals surface area (Å²) in [4.78, 5) is 30.1. The van der Waals surface area contributed by atoms with Crippen molar-refractivity contribution in [2.24, 2.45) is 16.8 Å². The van der Waals surface area contributed by atoms with Crippen molar-refractivity contribution >= 4 is 17.6 Å². The maximum absolute atomic E-state index is 13.8. The summed E-state index contributed by atoms with van der Waals surface area (Å²) < 4.78 is 19.2. The van der Waals surface area contributed by atoms with Crippen LogP contribution in [0.1, 0.15) is 65.9 Å². The first kappa shape index (κ1) is 23.5. The lowest BCUT2D eigenvalue weighted by atomic mass is 9.79. The quantitative estimate of drug-likeness (QED) is 0.671. The zero-order valence-electron chi connectivity index (χ0n) is 20.1. The minimum Gasteiger partial charge on any atom is -0.497 e. The Balaban J connectivity index is 1.09. The van der Waals surface area contributed by atoms with Crippen molar-refractivity contribution in [3.63, 3.8) is 0 Å². The predicted octanol–water partition coefficient (Wildman–Crippen LogP) is 4.39. The van der Waals surface area contributed by atoms with Gasteiger partial charge in [0.2, 0.25) is 5.91 Å². The molecule has 1 fully saturated rings. The van der Waals surface area contributed by atoms with Crippen LogP contribution in [-0.2, 0) is 11.2 Å². The molecular formula is C28H32FN3O3. The molecular weight excluding hydrogens is 445 g/mol. The van der Waals surface area contributed by atoms with Crippen molar-refractivity contribution in [1.29, 1.82) is 0 Å². The number of carbonyl (C=O) groups is 2. The lowest BCUT2D eigenvalue weighted by Crippen LogP contribution is -2.38. The SMILES string of the molecule is COc1ccc2c(c1)CC[C@H]1N=C(NC(=O)C3CCC(CNC(=O)c4ccccc4F)CC3)C[C@@H]21. The van der Waals surface area contributed by atoms with E-state index in [1.165, 1.54) is 23.3 Å². The Bertz CT molecular complexity index is 1140. The number of hydrogen-bond acceptors (Lipinski definition) is 4. The molecule has 7 heteroatoms. The average Bonchev–Trinajstić information content (AvgIpc) is 3.30. The Hall–Kier alpha value is -3.22. The summed E-state index contributed by atoms with van der Waals surface area (Å²) in [5, 5.41) is 5.98. The van der Waals surface area contributed by atoms with Gasteiger partial charge >= 0.3 is 0 Å². The molecule has 2 aromatic rings. The standard InChI is InChI=1S/C28H32FN3O3/c1-35-20-11-12-21-19(14-20)10-13-25-23(21)15-26(31-25)32-27(33)18-8-6-17(7-9-18)16-30-28(34)22-4-2-3-5-24(22)29/h2-5,11-12,14,17-18,23,25H,6-10,13,15-16H2,1H3,(H,30,34)(H,31,32,33)/t17?,18?,23-,25+/m0/s1. The van der Waals surface area contributed by atoms with E-state index < -0.39 is 5.82 Å². The van der Waals surface area contributed by atoms with Crippen LogP contribution in [0.25, 0.3) is 0 Å². The second-order valence-electron chi connectivity index (χ2n) is 9.95. The number of aliphatic imine (C=N–C) groups is 1. The number of halogens is 1. The second-order valence-corrected chi connectivity index (χ2v) is 9.95. The number of fused-ring (bicyclic) bond motifs is 3. The number of amides is 2. The summed E-state index contributed by atoms with van der Waals surface area (Å²) in [5.41, 5.74) is 2.72. The number of nitrogens with zero attached hydrogens (tertiary/aromatic N) is 1. The molecule has 184 valence electrons. The molecule has 0 bridgehead atoms. The average molecular weight is 478 g/mol. The summed E-state index contributed by atoms with van der Waals surface area (Å²) in [5.74, 6) is 1.46. The number of hydrogen-bond donors (Lipinski definition) is 2. The van der Waals surface area contributed by atoms with E-state index in [1.54, 1.807) is 19.2 Å². The van der Waals surface area contributed by atoms with Crippen LogP contribution in [0, 0.1) is 17.7 Å². The van der Waals surface area contributed by atoms with E-state index in [-0.39, 0.29) is 29.3 Å². The molecule has 2 aliphatic carbocycles. The Kier molecular flexibility index (Phi) is 6.84. The molecule has 0 aromatic heterocycles. The smallest absolute Gasteiger partial charge is 0.254 e. The van der Waals surface area contributed by atoms with Gasteiger partial charge in [-0.1, -0.05) is 18.2 Å². The maximum atomic E-state index is 13.8. The number of rotatable bonds is 5. The van der Waals surface area contributed by atoms with Crippen molar-refractivity contribution in [2.75, 3.05) is 13.7 Å². The lowest BCUT2D eigenvalue weighted by molar-refractivity contribution is -0.124. The van der Waals surface area contributed by atoms with Crippen LogP contribution < -0.4 is 15.4 Å². The van der Waals surface area contributed by atoms with E-state index in [0.29, 0.717) is 18.4 Å². The first-order chi connectivity index (χ1) is 17.0. The van der Waals surface area contributed by atoms with Crippen molar-refractivity contribution in [3.8, 4) is 5.75 Å². The van der Waals surface area contributed by atoms with Gasteiger partial charge in [0.25, 0.3) is 5.91 Å². The topological polar surface area (TPSA) is 79.8 Å². The molecule has 0 unspecified atom stereocenters. The first-order valence-corrected chi connectivity index (χ1v) is 12.6. The van der Waals surface area contributed by atoms with Crippen molar-refractivity contribution in [2.45, 2.75) is 56.9 Å². The zero-order valence-corrected chi connectivity index (χ0v) is 20.1. The van der Waals surface area contributed by atoms with Gasteiger partial charge in [0.15, 0.2) is 0 Å². The third-order valence-electron chi connectivity index (χ3n) is 7.81. The van der Waals surface area contributed by atoms with Crippen LogP contribution in [0.5, 0.6) is 5.75 Å². The number of benzene rings is 2. The molecule has 2 N–H and O–H groups in total. The Labute approximate surface area is 205 Å². The van der Waals surface area contributed by atoms with Gasteiger partial charge in [0, 0.05) is 24.8 Å². The fraction of sp³-hybridized carbons (Fsp3) is 0.464. The van der Waals surface area contributed by atoms with Gasteiger partial charge in [-0.25, -0.2) is 4.39 Å². The van der Waals surface area contributed by atoms with Crippen LogP contribution in [0.2, 0.25) is 0 Å². The highest BCUT2D eigenvalue weighted by Gasteiger charge is 2.36. The summed E-state index contributed by atoms with van der Waals surface area (Å²) in [6.07, 6.45) is 6.05. The van der Waals surface area contributed by atoms with Crippen LogP contribution in [0.3, 0.4) is 0 Å². The summed E-state index contributed by atoms with van der Waals surface area (Å²) in [6.45, 7) is 0.502. The van der Waals surface area contributed by atoms with Gasteiger partial charge in [-0.05, 0) is 79.8 Å². The monoisotopic (exact) mass is 477 g/mol. The van der Waals surface area contributed by atoms with Gasteiger partial charge in [0.05, 0.1) is 18.7 Å². The Morgan fingerprint density at radius 2 is 1.89 bits per heavy atom. The summed E-state index contributed by atoms with van der Waals surface area (Å²) in [7, 11) is 1.69. The molecule has 1 heterocycles. The lowest BCUT2D eigenvalue weighted by Gasteiger charge is -2.28. The second kappa shape index (κ2) is 10.2. The highest BCUT2D eigenvalue weighted by molar-refractivity contribution is 6.00. The third kappa shape index (κ3) is 5.09. The van der Waals surface area contributed by atoms with Gasteiger partial charge in [-0.15, -0.1) is 0 Å². The fourth-order valence-electron chi connectivity index (χ4n) is 5.79. The van der Waals surface area contributed by atoms with E-state index in [9.17, 15) is 14.0 Å². The van der Waals surface area contributed by atoms with Crippen LogP contribution in [0.4, 0.5) is 4.39 Å². The molecule has 6 nitrogen and oxygen atoms in total. The van der Waals surface area contributed by atoms with E-state index in [2.05, 4.69) is 22.8 Å². The fourth-order valence-corrected chi connectivity index (χ4v) is 5.79. The summed E-state index contributed by atoms with van der Waals surface area (Å²) >= 11 is 0. The molecule has 0 spiro atoms. The molecule has 3 aliphatic rings. The van der Waals surface area contributed by atoms with E-state index in [1.807, 2.05) is 6.07 Å². The summed E-state index contributed by atoms with van der Waals surface area (Å²) in [6, 6.07) is 12.5. The molecule has 2 atom stereocenters. The van der Waals surface area contributed by atoms with E-state index >= 15 is 0 Å². The maximum Gasteiger partial charge on any atom is 0.254 e. The molecule has 5 rings (SSSR count). The number of amidine groups is 1. The molecule has 1 saturated carbocycles. The molecule has 2 aromatic carbocycles. The van der Waals surface area contributed by atoms with Crippen molar-refractivity contribution in [1.82, 2.24) is 10.6 Å². The normalized spacial score (nSPS) is 25.1. The first-order valence-electron chi connectivity index (χ1n) is 12.6.